The van der Waals surface area contributed by atoms with Crippen molar-refractivity contribution in [1.29, 1.82) is 0 Å². The maximum Gasteiger partial charge on any atom is 0.410 e. The van der Waals surface area contributed by atoms with E-state index in [-0.39, 0.29) is 23.7 Å². The van der Waals surface area contributed by atoms with Gasteiger partial charge in [-0.15, -0.1) is 0 Å². The Labute approximate surface area is 186 Å². The highest BCUT2D eigenvalue weighted by Gasteiger charge is 2.43. The van der Waals surface area contributed by atoms with Gasteiger partial charge in [0, 0.05) is 31.7 Å². The highest BCUT2D eigenvalue weighted by atomic mass is 16.6. The van der Waals surface area contributed by atoms with Crippen LogP contribution in [0.2, 0.25) is 0 Å². The molecule has 2 fully saturated rings. The van der Waals surface area contributed by atoms with Gasteiger partial charge in [0.15, 0.2) is 0 Å². The first-order valence-corrected chi connectivity index (χ1v) is 10.5. The van der Waals surface area contributed by atoms with Crippen molar-refractivity contribution >= 4 is 23.8 Å². The number of hydrogen-bond donors (Lipinski definition) is 1. The molecule has 0 bridgehead atoms. The van der Waals surface area contributed by atoms with E-state index in [2.05, 4.69) is 4.98 Å². The molecule has 2 aliphatic heterocycles. The van der Waals surface area contributed by atoms with E-state index in [0.29, 0.717) is 37.6 Å². The molecule has 9 heteroatoms. The Morgan fingerprint density at radius 2 is 1.78 bits per heavy atom. The van der Waals surface area contributed by atoms with Crippen molar-refractivity contribution in [3.63, 3.8) is 0 Å². The van der Waals surface area contributed by atoms with Crippen LogP contribution in [-0.2, 0) is 4.74 Å². The standard InChI is InChI=1S/C23H26N4O5/c1-23(2,3)32-22(31)25-10-11-26-18(13-25)14-27(21(26)30)17-8-9-19(24-12-17)15-4-6-16(7-5-15)20(28)29/h4-9,12,18H,10-11,13-14H2,1-3H3,(H,28,29)/t18-/m0/s1. The molecule has 0 saturated carbocycles. The predicted molar refractivity (Wildman–Crippen MR) is 118 cm³/mol. The van der Waals surface area contributed by atoms with Crippen LogP contribution in [0.25, 0.3) is 11.3 Å². The quantitative estimate of drug-likeness (QED) is 0.789. The van der Waals surface area contributed by atoms with Crippen molar-refractivity contribution in [2.45, 2.75) is 32.4 Å². The van der Waals surface area contributed by atoms with Crippen molar-refractivity contribution in [3.05, 3.63) is 48.2 Å². The molecule has 32 heavy (non-hydrogen) atoms. The van der Waals surface area contributed by atoms with Crippen LogP contribution < -0.4 is 4.90 Å². The monoisotopic (exact) mass is 438 g/mol. The Hall–Kier alpha value is -3.62. The van der Waals surface area contributed by atoms with Gasteiger partial charge in [0.25, 0.3) is 0 Å². The minimum absolute atomic E-state index is 0.0980. The number of anilines is 1. The number of carbonyl (C=O) groups excluding carboxylic acids is 2. The molecule has 2 aromatic rings. The number of pyridine rings is 1. The molecule has 0 spiro atoms. The molecule has 168 valence electrons. The fourth-order valence-corrected chi connectivity index (χ4v) is 3.92. The minimum Gasteiger partial charge on any atom is -0.478 e. The number of nitrogens with zero attached hydrogens (tertiary/aromatic N) is 4. The number of urea groups is 1. The molecular weight excluding hydrogens is 412 g/mol. The number of ether oxygens (including phenoxy) is 1. The van der Waals surface area contributed by atoms with E-state index in [4.69, 9.17) is 9.84 Å². The van der Waals surface area contributed by atoms with Crippen molar-refractivity contribution < 1.29 is 24.2 Å². The van der Waals surface area contributed by atoms with E-state index in [0.717, 1.165) is 5.56 Å². The predicted octanol–water partition coefficient (Wildman–Crippen LogP) is 3.31. The average Bonchev–Trinajstić information content (AvgIpc) is 3.08. The number of hydrogen-bond acceptors (Lipinski definition) is 5. The van der Waals surface area contributed by atoms with Gasteiger partial charge in [0.05, 0.1) is 29.2 Å². The molecule has 3 heterocycles. The zero-order valence-electron chi connectivity index (χ0n) is 18.3. The van der Waals surface area contributed by atoms with E-state index >= 15 is 0 Å². The largest absolute Gasteiger partial charge is 0.478 e. The molecule has 2 aliphatic rings. The Bertz CT molecular complexity index is 1030. The lowest BCUT2D eigenvalue weighted by Crippen LogP contribution is -2.54. The highest BCUT2D eigenvalue weighted by molar-refractivity contribution is 5.95. The highest BCUT2D eigenvalue weighted by Crippen LogP contribution is 2.28. The number of carboxylic acids is 1. The number of aromatic carboxylic acids is 1. The Morgan fingerprint density at radius 3 is 2.38 bits per heavy atom. The first-order valence-electron chi connectivity index (χ1n) is 10.5. The first kappa shape index (κ1) is 21.6. The summed E-state index contributed by atoms with van der Waals surface area (Å²) in [6, 6.07) is 9.91. The van der Waals surface area contributed by atoms with Gasteiger partial charge >= 0.3 is 18.1 Å². The number of fused-ring (bicyclic) bond motifs is 1. The van der Waals surface area contributed by atoms with Crippen molar-refractivity contribution in [2.75, 3.05) is 31.1 Å². The molecule has 0 unspecified atom stereocenters. The first-order chi connectivity index (χ1) is 15.1. The summed E-state index contributed by atoms with van der Waals surface area (Å²) >= 11 is 0. The summed E-state index contributed by atoms with van der Waals surface area (Å²) in [4.78, 5) is 45.9. The normalized spacial score (nSPS) is 18.5. The lowest BCUT2D eigenvalue weighted by Gasteiger charge is -2.36. The fraction of sp³-hybridized carbons (Fsp3) is 0.391. The maximum atomic E-state index is 12.9. The molecule has 4 rings (SSSR count). The van der Waals surface area contributed by atoms with E-state index in [9.17, 15) is 14.4 Å². The third-order valence-electron chi connectivity index (χ3n) is 5.49. The number of carbonyl (C=O) groups is 3. The van der Waals surface area contributed by atoms with Gasteiger partial charge in [-0.25, -0.2) is 14.4 Å². The number of piperazine rings is 1. The summed E-state index contributed by atoms with van der Waals surface area (Å²) in [5, 5.41) is 9.03. The fourth-order valence-electron chi connectivity index (χ4n) is 3.92. The van der Waals surface area contributed by atoms with E-state index in [1.54, 1.807) is 33.0 Å². The van der Waals surface area contributed by atoms with Crippen LogP contribution in [-0.4, -0.2) is 75.8 Å². The number of carboxylic acid groups (broad SMARTS) is 1. The van der Waals surface area contributed by atoms with Crippen molar-refractivity contribution in [2.24, 2.45) is 0 Å². The van der Waals surface area contributed by atoms with Crippen LogP contribution in [0.1, 0.15) is 31.1 Å². The molecule has 3 amide bonds. The van der Waals surface area contributed by atoms with Gasteiger partial charge < -0.3 is 19.6 Å². The maximum absolute atomic E-state index is 12.9. The molecule has 1 N–H and O–H groups in total. The average molecular weight is 438 g/mol. The Kier molecular flexibility index (Phi) is 5.50. The lowest BCUT2D eigenvalue weighted by molar-refractivity contribution is 0.0128. The molecule has 1 atom stereocenters. The number of aromatic nitrogens is 1. The summed E-state index contributed by atoms with van der Waals surface area (Å²) in [5.74, 6) is -0.978. The van der Waals surface area contributed by atoms with Crippen molar-refractivity contribution in [3.8, 4) is 11.3 Å². The Morgan fingerprint density at radius 1 is 1.06 bits per heavy atom. The van der Waals surface area contributed by atoms with Crippen LogP contribution in [0, 0.1) is 0 Å². The van der Waals surface area contributed by atoms with Gasteiger partial charge in [-0.1, -0.05) is 12.1 Å². The summed E-state index contributed by atoms with van der Waals surface area (Å²) in [6.45, 7) is 7.29. The van der Waals surface area contributed by atoms with Crippen LogP contribution >= 0.6 is 0 Å². The SMILES string of the molecule is CC(C)(C)OC(=O)N1CCN2C(=O)N(c3ccc(-c4ccc(C(=O)O)cc4)nc3)C[C@@H]2C1. The van der Waals surface area contributed by atoms with Gasteiger partial charge in [-0.05, 0) is 45.0 Å². The Balaban J connectivity index is 1.44. The second-order valence-corrected chi connectivity index (χ2v) is 8.95. The molecule has 2 saturated heterocycles. The summed E-state index contributed by atoms with van der Waals surface area (Å²) in [5.41, 5.74) is 1.81. The van der Waals surface area contributed by atoms with Crippen molar-refractivity contribution in [1.82, 2.24) is 14.8 Å². The van der Waals surface area contributed by atoms with Gasteiger partial charge in [0.2, 0.25) is 0 Å². The van der Waals surface area contributed by atoms with Gasteiger partial charge in [-0.2, -0.15) is 0 Å². The molecular formula is C23H26N4O5. The smallest absolute Gasteiger partial charge is 0.410 e. The van der Waals surface area contributed by atoms with Crippen LogP contribution in [0.5, 0.6) is 0 Å². The zero-order valence-corrected chi connectivity index (χ0v) is 18.3. The second-order valence-electron chi connectivity index (χ2n) is 8.95. The minimum atomic E-state index is -0.978. The lowest BCUT2D eigenvalue weighted by atomic mass is 10.1. The molecule has 9 nitrogen and oxygen atoms in total. The molecule has 1 aromatic heterocycles. The molecule has 0 aliphatic carbocycles. The van der Waals surface area contributed by atoms with Gasteiger partial charge in [0.1, 0.15) is 5.60 Å². The third-order valence-corrected chi connectivity index (χ3v) is 5.49. The zero-order chi connectivity index (χ0) is 23.0. The number of amides is 3. The summed E-state index contributed by atoms with van der Waals surface area (Å²) in [7, 11) is 0. The molecule has 0 radical (unpaired) electrons. The van der Waals surface area contributed by atoms with E-state index in [1.165, 1.54) is 12.1 Å². The number of benzene rings is 1. The summed E-state index contributed by atoms with van der Waals surface area (Å²) in [6.07, 6.45) is 1.28. The van der Waals surface area contributed by atoms with E-state index in [1.807, 2.05) is 32.9 Å². The van der Waals surface area contributed by atoms with Crippen LogP contribution in [0.4, 0.5) is 15.3 Å². The molecule has 1 aromatic carbocycles. The van der Waals surface area contributed by atoms with Gasteiger partial charge in [-0.3, -0.25) is 9.88 Å². The number of rotatable bonds is 3. The summed E-state index contributed by atoms with van der Waals surface area (Å²) < 4.78 is 5.47. The second kappa shape index (κ2) is 8.14. The van der Waals surface area contributed by atoms with Crippen LogP contribution in [0.15, 0.2) is 42.6 Å². The topological polar surface area (TPSA) is 103 Å². The van der Waals surface area contributed by atoms with Crippen LogP contribution in [0.3, 0.4) is 0 Å². The van der Waals surface area contributed by atoms with E-state index < -0.39 is 11.6 Å². The third kappa shape index (κ3) is 4.37.